The topological polar surface area (TPSA) is 86.8 Å². The van der Waals surface area contributed by atoms with E-state index >= 15 is 0 Å². The Morgan fingerprint density at radius 3 is 2.22 bits per heavy atom. The summed E-state index contributed by atoms with van der Waals surface area (Å²) in [7, 11) is -3.66. The van der Waals surface area contributed by atoms with Gasteiger partial charge in [-0.15, -0.1) is 0 Å². The lowest BCUT2D eigenvalue weighted by molar-refractivity contribution is -0.141. The van der Waals surface area contributed by atoms with Crippen molar-refractivity contribution < 1.29 is 18.0 Å². The summed E-state index contributed by atoms with van der Waals surface area (Å²) in [5.41, 5.74) is 2.60. The molecule has 1 atom stereocenters. The molecule has 1 N–H and O–H groups in total. The zero-order valence-electron chi connectivity index (χ0n) is 23.2. The minimum atomic E-state index is -3.66. The predicted octanol–water partition coefficient (Wildman–Crippen LogP) is 6.28. The van der Waals surface area contributed by atoms with Crippen molar-refractivity contribution >= 4 is 62.3 Å². The van der Waals surface area contributed by atoms with Crippen LogP contribution in [0.2, 0.25) is 15.1 Å². The summed E-state index contributed by atoms with van der Waals surface area (Å²) in [6.07, 6.45) is 1.58. The summed E-state index contributed by atoms with van der Waals surface area (Å²) in [5, 5.41) is 4.01. The van der Waals surface area contributed by atoms with Crippen LogP contribution < -0.4 is 9.62 Å². The largest absolute Gasteiger partial charge is 0.355 e. The van der Waals surface area contributed by atoms with Crippen LogP contribution in [0.4, 0.5) is 5.69 Å². The van der Waals surface area contributed by atoms with E-state index in [-0.39, 0.29) is 44.2 Å². The fourth-order valence-electron chi connectivity index (χ4n) is 4.53. The highest BCUT2D eigenvalue weighted by atomic mass is 35.5. The number of anilines is 1. The van der Waals surface area contributed by atoms with Gasteiger partial charge in [-0.1, -0.05) is 77.3 Å². The van der Waals surface area contributed by atoms with Crippen molar-refractivity contribution in [1.82, 2.24) is 10.2 Å². The third-order valence-electron chi connectivity index (χ3n) is 6.60. The number of hydrogen-bond acceptors (Lipinski definition) is 4. The summed E-state index contributed by atoms with van der Waals surface area (Å²) in [6.45, 7) is 4.06. The van der Waals surface area contributed by atoms with Gasteiger partial charge in [0.05, 0.1) is 11.9 Å². The van der Waals surface area contributed by atoms with Crippen molar-refractivity contribution in [3.8, 4) is 0 Å². The van der Waals surface area contributed by atoms with Crippen LogP contribution in [0.5, 0.6) is 0 Å². The van der Waals surface area contributed by atoms with E-state index in [1.165, 1.54) is 9.21 Å². The molecule has 0 radical (unpaired) electrons. The minimum Gasteiger partial charge on any atom is -0.355 e. The average molecular weight is 639 g/mol. The second-order valence-corrected chi connectivity index (χ2v) is 12.8. The monoisotopic (exact) mass is 637 g/mol. The van der Waals surface area contributed by atoms with Crippen LogP contribution in [-0.4, -0.2) is 50.5 Å². The highest BCUT2D eigenvalue weighted by Gasteiger charge is 2.31. The van der Waals surface area contributed by atoms with Crippen LogP contribution in [0.25, 0.3) is 0 Å². The second kappa shape index (κ2) is 14.9. The minimum absolute atomic E-state index is 0.00909. The Bertz CT molecular complexity index is 1450. The van der Waals surface area contributed by atoms with Gasteiger partial charge in [0.2, 0.25) is 21.8 Å². The van der Waals surface area contributed by atoms with Crippen LogP contribution in [-0.2, 0) is 32.6 Å². The van der Waals surface area contributed by atoms with Crippen molar-refractivity contribution in [1.29, 1.82) is 0 Å². The van der Waals surface area contributed by atoms with Crippen molar-refractivity contribution in [2.75, 3.05) is 23.7 Å². The Morgan fingerprint density at radius 2 is 1.61 bits per heavy atom. The molecule has 0 bridgehead atoms. The first-order chi connectivity index (χ1) is 19.4. The smallest absolute Gasteiger partial charge is 0.243 e. The molecule has 3 aromatic carbocycles. The molecular formula is C30H34Cl3N3O4S. The summed E-state index contributed by atoms with van der Waals surface area (Å²) in [5.74, 6) is -0.635. The van der Waals surface area contributed by atoms with Crippen molar-refractivity contribution in [2.45, 2.75) is 45.7 Å². The Balaban J connectivity index is 1.92. The van der Waals surface area contributed by atoms with Crippen LogP contribution in [0.3, 0.4) is 0 Å². The second-order valence-electron chi connectivity index (χ2n) is 9.69. The number of likely N-dealkylation sites (N-methyl/N-ethyl adjacent to an activating group) is 1. The number of nitrogens with one attached hydrogen (secondary N) is 1. The number of amides is 2. The molecule has 0 aliphatic heterocycles. The van der Waals surface area contributed by atoms with Gasteiger partial charge in [0, 0.05) is 53.1 Å². The third-order valence-corrected chi connectivity index (χ3v) is 8.73. The highest BCUT2D eigenvalue weighted by molar-refractivity contribution is 7.92. The number of nitrogens with zero attached hydrogens (tertiary/aromatic N) is 2. The molecule has 0 spiro atoms. The number of carbonyl (C=O) groups is 2. The quantitative estimate of drug-likeness (QED) is 0.239. The van der Waals surface area contributed by atoms with Gasteiger partial charge in [-0.3, -0.25) is 13.9 Å². The number of halogens is 3. The fraction of sp³-hybridized carbons (Fsp3) is 0.333. The van der Waals surface area contributed by atoms with Crippen LogP contribution in [0.15, 0.2) is 66.7 Å². The van der Waals surface area contributed by atoms with E-state index in [9.17, 15) is 18.0 Å². The molecule has 0 saturated carbocycles. The van der Waals surface area contributed by atoms with Crippen molar-refractivity contribution in [3.05, 3.63) is 98.5 Å². The van der Waals surface area contributed by atoms with Gasteiger partial charge >= 0.3 is 0 Å². The Hall–Kier alpha value is -2.78. The average Bonchev–Trinajstić information content (AvgIpc) is 2.91. The predicted molar refractivity (Wildman–Crippen MR) is 167 cm³/mol. The lowest BCUT2D eigenvalue weighted by Gasteiger charge is -2.32. The van der Waals surface area contributed by atoms with Crippen molar-refractivity contribution in [3.63, 3.8) is 0 Å². The molecule has 0 aromatic heterocycles. The van der Waals surface area contributed by atoms with Crippen molar-refractivity contribution in [2.24, 2.45) is 0 Å². The molecule has 0 saturated heterocycles. The Labute approximate surface area is 257 Å². The summed E-state index contributed by atoms with van der Waals surface area (Å²) in [6, 6.07) is 18.7. The van der Waals surface area contributed by atoms with E-state index in [1.807, 2.05) is 37.3 Å². The van der Waals surface area contributed by atoms with Gasteiger partial charge in [0.1, 0.15) is 6.04 Å². The van der Waals surface area contributed by atoms with E-state index in [1.54, 1.807) is 43.3 Å². The maximum Gasteiger partial charge on any atom is 0.243 e. The maximum atomic E-state index is 13.9. The molecule has 3 aromatic rings. The lowest BCUT2D eigenvalue weighted by atomic mass is 10.0. The Kier molecular flexibility index (Phi) is 11.9. The molecule has 0 fully saturated rings. The highest BCUT2D eigenvalue weighted by Crippen LogP contribution is 2.29. The first-order valence-corrected chi connectivity index (χ1v) is 16.2. The molecule has 3 rings (SSSR count). The normalized spacial score (nSPS) is 12.0. The van der Waals surface area contributed by atoms with Gasteiger partial charge in [0.15, 0.2) is 0 Å². The van der Waals surface area contributed by atoms with Gasteiger partial charge in [0.25, 0.3) is 0 Å². The maximum absolute atomic E-state index is 13.9. The zero-order valence-corrected chi connectivity index (χ0v) is 26.3. The van der Waals surface area contributed by atoms with Gasteiger partial charge in [-0.2, -0.15) is 0 Å². The zero-order chi connectivity index (χ0) is 30.2. The molecular weight excluding hydrogens is 605 g/mol. The summed E-state index contributed by atoms with van der Waals surface area (Å²) < 4.78 is 26.7. The van der Waals surface area contributed by atoms with Gasteiger partial charge in [-0.25, -0.2) is 8.42 Å². The molecule has 0 heterocycles. The number of benzene rings is 3. The molecule has 2 amide bonds. The molecule has 0 unspecified atom stereocenters. The van der Waals surface area contributed by atoms with E-state index < -0.39 is 16.1 Å². The lowest BCUT2D eigenvalue weighted by Crippen LogP contribution is -2.50. The number of rotatable bonds is 13. The molecule has 0 aliphatic rings. The molecule has 7 nitrogen and oxygen atoms in total. The number of aryl methyl sites for hydroxylation is 1. The summed E-state index contributed by atoms with van der Waals surface area (Å²) in [4.78, 5) is 28.7. The third kappa shape index (κ3) is 9.10. The van der Waals surface area contributed by atoms with E-state index in [4.69, 9.17) is 34.8 Å². The van der Waals surface area contributed by atoms with Crippen LogP contribution in [0, 0.1) is 6.92 Å². The fourth-order valence-corrected chi connectivity index (χ4v) is 6.23. The molecule has 11 heteroatoms. The van der Waals surface area contributed by atoms with E-state index in [0.29, 0.717) is 32.9 Å². The van der Waals surface area contributed by atoms with Crippen LogP contribution >= 0.6 is 34.8 Å². The number of carbonyl (C=O) groups excluding carboxylic acids is 2. The first kappa shape index (κ1) is 32.7. The Morgan fingerprint density at radius 1 is 0.951 bits per heavy atom. The summed E-state index contributed by atoms with van der Waals surface area (Å²) >= 11 is 19.1. The number of sulfonamides is 1. The molecule has 41 heavy (non-hydrogen) atoms. The first-order valence-electron chi connectivity index (χ1n) is 13.2. The van der Waals surface area contributed by atoms with Crippen LogP contribution in [0.1, 0.15) is 36.5 Å². The molecule has 220 valence electrons. The van der Waals surface area contributed by atoms with E-state index in [2.05, 4.69) is 5.32 Å². The standard InChI is InChI=1S/C30H34Cl3N3O4S/c1-4-34-30(38)28(18-22-10-6-5-7-11-22)35(20-24-25(32)12-8-13-26(24)33)29(37)14-9-17-36(41(3,39)40)27-19-23(31)16-15-21(27)2/h5-8,10-13,15-16,19,28H,4,9,14,17-18,20H2,1-3H3,(H,34,38)/t28-/m0/s1. The van der Waals surface area contributed by atoms with Gasteiger partial charge in [-0.05, 0) is 55.7 Å². The SMILES string of the molecule is CCNC(=O)[C@H](Cc1ccccc1)N(Cc1c(Cl)cccc1Cl)C(=O)CCCN(c1cc(Cl)ccc1C)S(C)(=O)=O. The molecule has 0 aliphatic carbocycles. The number of hydrogen-bond donors (Lipinski definition) is 1. The van der Waals surface area contributed by atoms with E-state index in [0.717, 1.165) is 17.4 Å². The van der Waals surface area contributed by atoms with Gasteiger partial charge < -0.3 is 10.2 Å².